The topological polar surface area (TPSA) is 117 Å². The van der Waals surface area contributed by atoms with Crippen LogP contribution in [0.1, 0.15) is 36.2 Å². The fourth-order valence-electron chi connectivity index (χ4n) is 5.35. The quantitative estimate of drug-likeness (QED) is 0.535. The second kappa shape index (κ2) is 8.92. The van der Waals surface area contributed by atoms with Gasteiger partial charge in [0, 0.05) is 41.9 Å². The molecule has 9 nitrogen and oxygen atoms in total. The van der Waals surface area contributed by atoms with E-state index < -0.39 is 22.9 Å². The van der Waals surface area contributed by atoms with Crippen LogP contribution in [0.3, 0.4) is 0 Å². The molecule has 2 N–H and O–H groups in total. The maximum atomic E-state index is 14.5. The number of carbonyl (C=O) groups is 2. The number of methoxy groups -OCH3 is 1. The molecule has 2 aliphatic rings. The molecule has 2 aromatic heterocycles. The summed E-state index contributed by atoms with van der Waals surface area (Å²) in [4.78, 5) is 47.9. The Morgan fingerprint density at radius 2 is 1.95 bits per heavy atom. The van der Waals surface area contributed by atoms with E-state index in [1.54, 1.807) is 53.0 Å². The molecular weight excluding hydrogens is 472 g/mol. The number of nitrogens with two attached hydrogens (primary N) is 1. The first kappa shape index (κ1) is 24.3. The minimum atomic E-state index is -1.82. The number of pyridine rings is 2. The van der Waals surface area contributed by atoms with Crippen molar-refractivity contribution in [1.82, 2.24) is 9.55 Å². The molecule has 9 heteroatoms. The van der Waals surface area contributed by atoms with Crippen LogP contribution < -0.4 is 20.9 Å². The third-order valence-electron chi connectivity index (χ3n) is 6.85. The van der Waals surface area contributed by atoms with Crippen molar-refractivity contribution >= 4 is 17.6 Å². The highest BCUT2D eigenvalue weighted by Crippen LogP contribution is 2.54. The van der Waals surface area contributed by atoms with E-state index in [0.29, 0.717) is 23.5 Å². The Morgan fingerprint density at radius 1 is 1.19 bits per heavy atom. The van der Waals surface area contributed by atoms with Gasteiger partial charge in [0.05, 0.1) is 19.2 Å². The molecule has 1 unspecified atom stereocenters. The standard InChI is InChI=1S/C28H28N4O5/c1-16(2)14-32-20-10-6-5-9-19(20)28(27(32)35)22-21(37-24(29)23(28)26(34)36-4)12-17(3)31(25(22)33)15-18-8-7-11-30-13-18/h5-13,16H,14-15,29H2,1-4H3. The highest BCUT2D eigenvalue weighted by atomic mass is 16.5. The van der Waals surface area contributed by atoms with Crippen molar-refractivity contribution < 1.29 is 19.1 Å². The van der Waals surface area contributed by atoms with E-state index in [4.69, 9.17) is 15.2 Å². The lowest BCUT2D eigenvalue weighted by atomic mass is 9.68. The van der Waals surface area contributed by atoms with Crippen LogP contribution in [0.2, 0.25) is 0 Å². The highest BCUT2D eigenvalue weighted by Gasteiger charge is 2.62. The first-order chi connectivity index (χ1) is 17.7. The lowest BCUT2D eigenvalue weighted by Crippen LogP contribution is -2.52. The van der Waals surface area contributed by atoms with E-state index in [-0.39, 0.29) is 35.2 Å². The molecule has 190 valence electrons. The summed E-state index contributed by atoms with van der Waals surface area (Å²) in [5, 5.41) is 0. The number of benzene rings is 1. The predicted octanol–water partition coefficient (Wildman–Crippen LogP) is 2.62. The number of ether oxygens (including phenoxy) is 2. The SMILES string of the molecule is COC(=O)C1=C(N)Oc2cc(C)n(Cc3cccnc3)c(=O)c2C12C(=O)N(CC(C)C)c1ccccc12. The summed E-state index contributed by atoms with van der Waals surface area (Å²) in [6.45, 7) is 6.38. The van der Waals surface area contributed by atoms with Crippen molar-refractivity contribution in [3.05, 3.63) is 99.1 Å². The molecule has 0 radical (unpaired) electrons. The van der Waals surface area contributed by atoms with Gasteiger partial charge in [-0.15, -0.1) is 0 Å². The van der Waals surface area contributed by atoms with Crippen LogP contribution in [-0.4, -0.2) is 35.1 Å². The maximum Gasteiger partial charge on any atom is 0.340 e. The van der Waals surface area contributed by atoms with E-state index >= 15 is 0 Å². The van der Waals surface area contributed by atoms with Gasteiger partial charge in [-0.3, -0.25) is 14.6 Å². The number of hydrogen-bond acceptors (Lipinski definition) is 7. The smallest absolute Gasteiger partial charge is 0.340 e. The minimum absolute atomic E-state index is 0.0419. The summed E-state index contributed by atoms with van der Waals surface area (Å²) in [6.07, 6.45) is 3.33. The molecule has 0 fully saturated rings. The monoisotopic (exact) mass is 500 g/mol. The summed E-state index contributed by atoms with van der Waals surface area (Å²) in [5.74, 6) is -1.28. The average Bonchev–Trinajstić information content (AvgIpc) is 3.10. The van der Waals surface area contributed by atoms with Crippen LogP contribution >= 0.6 is 0 Å². The van der Waals surface area contributed by atoms with Gasteiger partial charge in [0.2, 0.25) is 11.8 Å². The lowest BCUT2D eigenvalue weighted by Gasteiger charge is -2.36. The normalized spacial score (nSPS) is 18.2. The van der Waals surface area contributed by atoms with E-state index in [2.05, 4.69) is 4.98 Å². The summed E-state index contributed by atoms with van der Waals surface area (Å²) in [7, 11) is 1.21. The number of aromatic nitrogens is 2. The van der Waals surface area contributed by atoms with Crippen LogP contribution in [0.4, 0.5) is 5.69 Å². The van der Waals surface area contributed by atoms with Crippen LogP contribution in [0.25, 0.3) is 0 Å². The third-order valence-corrected chi connectivity index (χ3v) is 6.85. The van der Waals surface area contributed by atoms with Gasteiger partial charge in [0.1, 0.15) is 16.7 Å². The Kier molecular flexibility index (Phi) is 5.86. The van der Waals surface area contributed by atoms with Gasteiger partial charge in [0.15, 0.2) is 0 Å². The molecule has 3 aromatic rings. The second-order valence-corrected chi connectivity index (χ2v) is 9.69. The van der Waals surface area contributed by atoms with Crippen LogP contribution in [0.5, 0.6) is 5.75 Å². The molecule has 4 heterocycles. The predicted molar refractivity (Wildman–Crippen MR) is 137 cm³/mol. The molecule has 1 aromatic carbocycles. The van der Waals surface area contributed by atoms with Crippen LogP contribution in [0, 0.1) is 12.8 Å². The van der Waals surface area contributed by atoms with Gasteiger partial charge in [-0.05, 0) is 30.5 Å². The number of amides is 1. The average molecular weight is 501 g/mol. The summed E-state index contributed by atoms with van der Waals surface area (Å²) < 4.78 is 12.5. The fourth-order valence-corrected chi connectivity index (χ4v) is 5.35. The largest absolute Gasteiger partial charge is 0.465 e. The van der Waals surface area contributed by atoms with Crippen molar-refractivity contribution in [3.8, 4) is 5.75 Å². The van der Waals surface area contributed by atoms with Crippen molar-refractivity contribution in [2.75, 3.05) is 18.6 Å². The van der Waals surface area contributed by atoms with E-state index in [1.807, 2.05) is 32.0 Å². The van der Waals surface area contributed by atoms with E-state index in [0.717, 1.165) is 5.56 Å². The molecule has 2 aliphatic heterocycles. The molecule has 0 saturated heterocycles. The zero-order valence-corrected chi connectivity index (χ0v) is 21.1. The van der Waals surface area contributed by atoms with Crippen molar-refractivity contribution in [1.29, 1.82) is 0 Å². The van der Waals surface area contributed by atoms with Crippen molar-refractivity contribution in [2.24, 2.45) is 11.7 Å². The fraction of sp³-hybridized carbons (Fsp3) is 0.286. The number of anilines is 1. The molecular formula is C28H28N4O5. The number of nitrogens with zero attached hydrogens (tertiary/aromatic N) is 3. The van der Waals surface area contributed by atoms with Gasteiger partial charge in [0.25, 0.3) is 5.56 Å². The Morgan fingerprint density at radius 3 is 2.62 bits per heavy atom. The van der Waals surface area contributed by atoms with Gasteiger partial charge < -0.3 is 24.7 Å². The number of fused-ring (bicyclic) bond motifs is 4. The Bertz CT molecular complexity index is 1510. The molecule has 0 bridgehead atoms. The third kappa shape index (κ3) is 3.53. The number of rotatable bonds is 5. The molecule has 1 amide bonds. The molecule has 1 spiro atoms. The molecule has 0 saturated carbocycles. The summed E-state index contributed by atoms with van der Waals surface area (Å²) in [5.41, 5.74) is 6.41. The van der Waals surface area contributed by atoms with Gasteiger partial charge in [-0.1, -0.05) is 38.1 Å². The first-order valence-corrected chi connectivity index (χ1v) is 12.0. The number of aryl methyl sites for hydroxylation is 1. The Labute approximate surface area is 214 Å². The van der Waals surface area contributed by atoms with Crippen LogP contribution in [0.15, 0.2) is 71.1 Å². The van der Waals surface area contributed by atoms with Crippen LogP contribution in [-0.2, 0) is 26.3 Å². The van der Waals surface area contributed by atoms with Gasteiger partial charge in [-0.2, -0.15) is 0 Å². The van der Waals surface area contributed by atoms with E-state index in [9.17, 15) is 14.4 Å². The highest BCUT2D eigenvalue weighted by molar-refractivity contribution is 6.18. The Hall–Kier alpha value is -4.40. The summed E-state index contributed by atoms with van der Waals surface area (Å²) >= 11 is 0. The van der Waals surface area contributed by atoms with Crippen molar-refractivity contribution in [3.63, 3.8) is 0 Å². The maximum absolute atomic E-state index is 14.5. The zero-order valence-electron chi connectivity index (χ0n) is 21.1. The van der Waals surface area contributed by atoms with E-state index in [1.165, 1.54) is 7.11 Å². The Balaban J connectivity index is 1.87. The molecule has 5 rings (SSSR count). The minimum Gasteiger partial charge on any atom is -0.465 e. The molecule has 1 atom stereocenters. The van der Waals surface area contributed by atoms with Crippen molar-refractivity contribution in [2.45, 2.75) is 32.7 Å². The summed E-state index contributed by atoms with van der Waals surface area (Å²) in [6, 6.07) is 12.5. The van der Waals surface area contributed by atoms with Gasteiger partial charge >= 0.3 is 5.97 Å². The van der Waals surface area contributed by atoms with Gasteiger partial charge in [-0.25, -0.2) is 4.79 Å². The molecule has 37 heavy (non-hydrogen) atoms. The zero-order chi connectivity index (χ0) is 26.5. The number of carbonyl (C=O) groups excluding carboxylic acids is 2. The molecule has 0 aliphatic carbocycles. The first-order valence-electron chi connectivity index (χ1n) is 12.0. The number of para-hydroxylation sites is 1. The number of esters is 1. The lowest BCUT2D eigenvalue weighted by molar-refractivity contribution is -0.138. The second-order valence-electron chi connectivity index (χ2n) is 9.69. The number of hydrogen-bond donors (Lipinski definition) is 1.